The van der Waals surface area contributed by atoms with E-state index in [9.17, 15) is 0 Å². The van der Waals surface area contributed by atoms with Gasteiger partial charge in [0.15, 0.2) is 5.16 Å². The molecule has 5 heteroatoms. The molecule has 0 amide bonds. The van der Waals surface area contributed by atoms with E-state index >= 15 is 0 Å². The van der Waals surface area contributed by atoms with Gasteiger partial charge >= 0.3 is 0 Å². The molecule has 0 bridgehead atoms. The zero-order valence-corrected chi connectivity index (χ0v) is 14.7. The molecule has 1 heterocycles. The van der Waals surface area contributed by atoms with Crippen molar-refractivity contribution in [3.05, 3.63) is 24.3 Å². The second kappa shape index (κ2) is 9.18. The Hall–Kier alpha value is -1.04. The molecule has 0 aliphatic heterocycles. The van der Waals surface area contributed by atoms with Crippen LogP contribution < -0.4 is 0 Å². The molecule has 0 radical (unpaired) electrons. The van der Waals surface area contributed by atoms with Gasteiger partial charge in [-0.2, -0.15) is 0 Å². The summed E-state index contributed by atoms with van der Waals surface area (Å²) in [5, 5.41) is 1.10. The highest BCUT2D eigenvalue weighted by atomic mass is 32.2. The fourth-order valence-corrected chi connectivity index (χ4v) is 3.53. The molecule has 0 unspecified atom stereocenters. The second-order valence-corrected chi connectivity index (χ2v) is 6.17. The highest BCUT2D eigenvalue weighted by molar-refractivity contribution is 7.99. The highest BCUT2D eigenvalue weighted by Gasteiger charge is 2.11. The first-order chi connectivity index (χ1) is 10.8. The first kappa shape index (κ1) is 17.3. The number of rotatable bonds is 10. The maximum Gasteiger partial charge on any atom is 0.169 e. The molecule has 2 aromatic rings. The predicted molar refractivity (Wildman–Crippen MR) is 94.7 cm³/mol. The smallest absolute Gasteiger partial charge is 0.169 e. The molecule has 1 aromatic carbocycles. The summed E-state index contributed by atoms with van der Waals surface area (Å²) >= 11 is 1.84. The van der Waals surface area contributed by atoms with Crippen molar-refractivity contribution in [3.63, 3.8) is 0 Å². The van der Waals surface area contributed by atoms with Crippen molar-refractivity contribution in [1.29, 1.82) is 0 Å². The van der Waals surface area contributed by atoms with Gasteiger partial charge in [-0.15, -0.1) is 0 Å². The molecule has 0 spiro atoms. The van der Waals surface area contributed by atoms with E-state index in [1.54, 1.807) is 0 Å². The van der Waals surface area contributed by atoms with Gasteiger partial charge in [-0.1, -0.05) is 37.7 Å². The number of nitrogens with zero attached hydrogens (tertiary/aromatic N) is 3. The summed E-state index contributed by atoms with van der Waals surface area (Å²) in [5.74, 6) is 1.07. The summed E-state index contributed by atoms with van der Waals surface area (Å²) < 4.78 is 7.81. The van der Waals surface area contributed by atoms with Gasteiger partial charge in [0.25, 0.3) is 0 Å². The third-order valence-corrected chi connectivity index (χ3v) is 4.77. The molecule has 0 saturated heterocycles. The van der Waals surface area contributed by atoms with Crippen LogP contribution in [0.4, 0.5) is 0 Å². The molecule has 0 aliphatic rings. The molecule has 0 aliphatic carbocycles. The minimum absolute atomic E-state index is 0.737. The average Bonchev–Trinajstić information content (AvgIpc) is 2.90. The molecule has 0 N–H and O–H groups in total. The monoisotopic (exact) mass is 321 g/mol. The van der Waals surface area contributed by atoms with E-state index in [1.807, 2.05) is 24.8 Å². The number of imidazole rings is 1. The number of para-hydroxylation sites is 2. The standard InChI is InChI=1S/C17H27N3OS/c1-4-19(5-2)12-14-22-17-18-15-9-7-8-10-16(15)20(17)11-13-21-6-3/h7-10H,4-6,11-14H2,1-3H3. The Morgan fingerprint density at radius 2 is 1.95 bits per heavy atom. The predicted octanol–water partition coefficient (Wildman–Crippen LogP) is 3.51. The Kier molecular flexibility index (Phi) is 7.22. The van der Waals surface area contributed by atoms with Crippen LogP contribution in [0.5, 0.6) is 0 Å². The summed E-state index contributed by atoms with van der Waals surface area (Å²) in [6.45, 7) is 12.1. The van der Waals surface area contributed by atoms with E-state index in [4.69, 9.17) is 9.72 Å². The van der Waals surface area contributed by atoms with E-state index in [-0.39, 0.29) is 0 Å². The molecule has 0 fully saturated rings. The molecule has 0 saturated carbocycles. The van der Waals surface area contributed by atoms with Crippen LogP contribution in [0, 0.1) is 0 Å². The topological polar surface area (TPSA) is 30.3 Å². The van der Waals surface area contributed by atoms with Gasteiger partial charge in [-0.25, -0.2) is 4.98 Å². The first-order valence-electron chi connectivity index (χ1n) is 8.18. The van der Waals surface area contributed by atoms with Gasteiger partial charge in [-0.3, -0.25) is 0 Å². The van der Waals surface area contributed by atoms with Crippen LogP contribution in [0.3, 0.4) is 0 Å². The molecule has 4 nitrogen and oxygen atoms in total. The molecule has 122 valence electrons. The molecule has 2 rings (SSSR count). The van der Waals surface area contributed by atoms with Gasteiger partial charge in [0, 0.05) is 25.4 Å². The van der Waals surface area contributed by atoms with Crippen molar-refractivity contribution in [3.8, 4) is 0 Å². The summed E-state index contributed by atoms with van der Waals surface area (Å²) in [6.07, 6.45) is 0. The minimum atomic E-state index is 0.737. The van der Waals surface area contributed by atoms with Crippen LogP contribution in [0.15, 0.2) is 29.4 Å². The maximum atomic E-state index is 5.52. The van der Waals surface area contributed by atoms with Crippen molar-refractivity contribution >= 4 is 22.8 Å². The fourth-order valence-electron chi connectivity index (χ4n) is 2.49. The van der Waals surface area contributed by atoms with Gasteiger partial charge in [0.1, 0.15) is 0 Å². The number of ether oxygens (including phenoxy) is 1. The van der Waals surface area contributed by atoms with E-state index in [0.29, 0.717) is 0 Å². The largest absolute Gasteiger partial charge is 0.380 e. The summed E-state index contributed by atoms with van der Waals surface area (Å²) in [6, 6.07) is 8.35. The van der Waals surface area contributed by atoms with Crippen LogP contribution in [-0.4, -0.2) is 53.1 Å². The number of hydrogen-bond acceptors (Lipinski definition) is 4. The molecule has 22 heavy (non-hydrogen) atoms. The number of aromatic nitrogens is 2. The van der Waals surface area contributed by atoms with E-state index in [2.05, 4.69) is 41.5 Å². The van der Waals surface area contributed by atoms with Crippen molar-refractivity contribution in [1.82, 2.24) is 14.5 Å². The van der Waals surface area contributed by atoms with Gasteiger partial charge in [0.2, 0.25) is 0 Å². The Labute approximate surface area is 137 Å². The van der Waals surface area contributed by atoms with Crippen LogP contribution in [-0.2, 0) is 11.3 Å². The third kappa shape index (κ3) is 4.48. The van der Waals surface area contributed by atoms with Gasteiger partial charge < -0.3 is 14.2 Å². The van der Waals surface area contributed by atoms with Crippen molar-refractivity contribution in [2.75, 3.05) is 38.6 Å². The maximum absolute atomic E-state index is 5.52. The van der Waals surface area contributed by atoms with Gasteiger partial charge in [0.05, 0.1) is 17.6 Å². The Morgan fingerprint density at radius 3 is 2.68 bits per heavy atom. The second-order valence-electron chi connectivity index (χ2n) is 5.11. The van der Waals surface area contributed by atoms with E-state index in [1.165, 1.54) is 5.52 Å². The highest BCUT2D eigenvalue weighted by Crippen LogP contribution is 2.24. The Balaban J connectivity index is 2.08. The minimum Gasteiger partial charge on any atom is -0.380 e. The molecular formula is C17H27N3OS. The van der Waals surface area contributed by atoms with Crippen molar-refractivity contribution in [2.24, 2.45) is 0 Å². The summed E-state index contributed by atoms with van der Waals surface area (Å²) in [4.78, 5) is 7.24. The first-order valence-corrected chi connectivity index (χ1v) is 9.16. The number of hydrogen-bond donors (Lipinski definition) is 0. The van der Waals surface area contributed by atoms with Gasteiger partial charge in [-0.05, 0) is 32.1 Å². The van der Waals surface area contributed by atoms with Crippen molar-refractivity contribution < 1.29 is 4.74 Å². The Bertz CT molecular complexity index is 566. The Morgan fingerprint density at radius 1 is 1.18 bits per heavy atom. The number of thioether (sulfide) groups is 1. The number of fused-ring (bicyclic) bond motifs is 1. The summed E-state index contributed by atoms with van der Waals surface area (Å²) in [5.41, 5.74) is 2.27. The molecular weight excluding hydrogens is 294 g/mol. The quantitative estimate of drug-likeness (QED) is 0.495. The lowest BCUT2D eigenvalue weighted by Gasteiger charge is -2.17. The molecule has 0 atom stereocenters. The van der Waals surface area contributed by atoms with E-state index < -0.39 is 0 Å². The van der Waals surface area contributed by atoms with Crippen LogP contribution in [0.1, 0.15) is 20.8 Å². The number of benzene rings is 1. The lowest BCUT2D eigenvalue weighted by Crippen LogP contribution is -2.25. The average molecular weight is 321 g/mol. The summed E-state index contributed by atoms with van der Waals surface area (Å²) in [7, 11) is 0. The third-order valence-electron chi connectivity index (χ3n) is 3.82. The SMILES string of the molecule is CCOCCn1c(SCCN(CC)CC)nc2ccccc21. The van der Waals surface area contributed by atoms with Crippen LogP contribution in [0.2, 0.25) is 0 Å². The molecule has 1 aromatic heterocycles. The zero-order valence-electron chi connectivity index (χ0n) is 13.9. The lowest BCUT2D eigenvalue weighted by atomic mass is 10.3. The lowest BCUT2D eigenvalue weighted by molar-refractivity contribution is 0.138. The fraction of sp³-hybridized carbons (Fsp3) is 0.588. The van der Waals surface area contributed by atoms with Crippen molar-refractivity contribution in [2.45, 2.75) is 32.5 Å². The van der Waals surface area contributed by atoms with Crippen LogP contribution >= 0.6 is 11.8 Å². The zero-order chi connectivity index (χ0) is 15.8. The normalized spacial score (nSPS) is 11.6. The van der Waals surface area contributed by atoms with Crippen LogP contribution in [0.25, 0.3) is 11.0 Å². The van der Waals surface area contributed by atoms with E-state index in [0.717, 1.165) is 55.8 Å².